The molecule has 0 radical (unpaired) electrons. The van der Waals surface area contributed by atoms with E-state index in [1.807, 2.05) is 0 Å². The lowest BCUT2D eigenvalue weighted by Gasteiger charge is -2.44. The fraction of sp³-hybridized carbons (Fsp3) is 1.00. The number of ether oxygens (including phenoxy) is 1. The van der Waals surface area contributed by atoms with Crippen LogP contribution < -0.4 is 48.0 Å². The molecule has 1 aliphatic carbocycles. The first kappa shape index (κ1) is 25.3. The van der Waals surface area contributed by atoms with Crippen LogP contribution in [-0.4, -0.2) is 75.5 Å². The summed E-state index contributed by atoms with van der Waals surface area (Å²) in [5, 5.41) is 0. The van der Waals surface area contributed by atoms with Gasteiger partial charge in [0.2, 0.25) is 0 Å². The molecule has 2 rings (SSSR count). The van der Waals surface area contributed by atoms with Gasteiger partial charge in [-0.15, -0.1) is 0 Å². The summed E-state index contributed by atoms with van der Waals surface area (Å²) in [6.07, 6.45) is 4.54. The molecule has 24 heavy (non-hydrogen) atoms. The SMILES string of the molecule is CC(C)C1CCC(C)C(OCC[N+]2(C)CC[N+](C)(C)CC2)C1.[I-].[I-]. The topological polar surface area (TPSA) is 9.23 Å². The van der Waals surface area contributed by atoms with E-state index in [0.717, 1.165) is 24.4 Å². The van der Waals surface area contributed by atoms with E-state index in [4.69, 9.17) is 4.74 Å². The molecule has 2 aliphatic rings. The molecular weight excluding hydrogens is 526 g/mol. The van der Waals surface area contributed by atoms with Crippen LogP contribution in [0.1, 0.15) is 40.0 Å². The second-order valence-corrected chi connectivity index (χ2v) is 9.38. The van der Waals surface area contributed by atoms with Gasteiger partial charge >= 0.3 is 0 Å². The Kier molecular flexibility index (Phi) is 11.2. The third kappa shape index (κ3) is 7.53. The van der Waals surface area contributed by atoms with E-state index in [-0.39, 0.29) is 48.0 Å². The van der Waals surface area contributed by atoms with E-state index < -0.39 is 0 Å². The van der Waals surface area contributed by atoms with E-state index in [2.05, 4.69) is 41.9 Å². The Morgan fingerprint density at radius 2 is 1.54 bits per heavy atom. The van der Waals surface area contributed by atoms with Gasteiger partial charge in [0.15, 0.2) is 0 Å². The number of rotatable bonds is 5. The third-order valence-electron chi connectivity index (χ3n) is 6.56. The zero-order valence-corrected chi connectivity index (χ0v) is 21.0. The summed E-state index contributed by atoms with van der Waals surface area (Å²) in [4.78, 5) is 0. The molecule has 2 fully saturated rings. The fourth-order valence-electron chi connectivity index (χ4n) is 4.05. The number of halogens is 2. The maximum Gasteiger partial charge on any atom is 0.129 e. The molecule has 1 aliphatic heterocycles. The lowest BCUT2D eigenvalue weighted by Crippen LogP contribution is -3.00. The highest BCUT2D eigenvalue weighted by atomic mass is 127. The first-order chi connectivity index (χ1) is 10.2. The van der Waals surface area contributed by atoms with Gasteiger partial charge in [0, 0.05) is 0 Å². The van der Waals surface area contributed by atoms with Gasteiger partial charge in [0.1, 0.15) is 32.7 Å². The number of hydrogen-bond acceptors (Lipinski definition) is 1. The van der Waals surface area contributed by atoms with Gasteiger partial charge < -0.3 is 61.7 Å². The van der Waals surface area contributed by atoms with E-state index in [1.54, 1.807) is 0 Å². The molecule has 3 atom stereocenters. The van der Waals surface area contributed by atoms with Crippen LogP contribution in [0.15, 0.2) is 0 Å². The Balaban J connectivity index is 0.00000264. The minimum absolute atomic E-state index is 0. The largest absolute Gasteiger partial charge is 1.00 e. The highest BCUT2D eigenvalue weighted by molar-refractivity contribution is 4.80. The van der Waals surface area contributed by atoms with Crippen molar-refractivity contribution in [3.05, 3.63) is 0 Å². The van der Waals surface area contributed by atoms with E-state index in [1.165, 1.54) is 61.0 Å². The number of nitrogens with zero attached hydrogens (tertiary/aromatic N) is 2. The molecule has 3 unspecified atom stereocenters. The number of hydrogen-bond donors (Lipinski definition) is 0. The summed E-state index contributed by atoms with van der Waals surface area (Å²) in [6, 6.07) is 0. The van der Waals surface area contributed by atoms with Crippen molar-refractivity contribution in [3.8, 4) is 0 Å². The highest BCUT2D eigenvalue weighted by Gasteiger charge is 2.35. The third-order valence-corrected chi connectivity index (χ3v) is 6.56. The molecule has 0 aromatic heterocycles. The normalized spacial score (nSPS) is 31.9. The minimum Gasteiger partial charge on any atom is -1.00 e. The molecule has 0 amide bonds. The van der Waals surface area contributed by atoms with Gasteiger partial charge in [-0.25, -0.2) is 0 Å². The van der Waals surface area contributed by atoms with Gasteiger partial charge in [-0.1, -0.05) is 20.8 Å². The van der Waals surface area contributed by atoms with Crippen molar-refractivity contribution in [2.45, 2.75) is 46.1 Å². The molecule has 3 nitrogen and oxygen atoms in total. The first-order valence-corrected chi connectivity index (χ1v) is 9.48. The monoisotopic (exact) mass is 566 g/mol. The average molecular weight is 566 g/mol. The van der Waals surface area contributed by atoms with Crippen molar-refractivity contribution in [1.29, 1.82) is 0 Å². The summed E-state index contributed by atoms with van der Waals surface area (Å²) in [5.41, 5.74) is 0. The smallest absolute Gasteiger partial charge is 0.129 e. The maximum atomic E-state index is 6.37. The zero-order valence-electron chi connectivity index (χ0n) is 16.7. The molecule has 0 bridgehead atoms. The Bertz CT molecular complexity index is 353. The van der Waals surface area contributed by atoms with E-state index >= 15 is 0 Å². The van der Waals surface area contributed by atoms with Crippen molar-refractivity contribution in [3.63, 3.8) is 0 Å². The first-order valence-electron chi connectivity index (χ1n) is 9.48. The molecular formula is C19H40I2N2O. The van der Waals surface area contributed by atoms with Gasteiger partial charge in [0.25, 0.3) is 0 Å². The van der Waals surface area contributed by atoms with E-state index in [9.17, 15) is 0 Å². The van der Waals surface area contributed by atoms with Crippen LogP contribution >= 0.6 is 0 Å². The molecule has 0 N–H and O–H groups in total. The zero-order chi connectivity index (χ0) is 16.4. The Morgan fingerprint density at radius 3 is 2.08 bits per heavy atom. The molecule has 0 spiro atoms. The Labute approximate surface area is 185 Å². The van der Waals surface area contributed by atoms with Crippen molar-refractivity contribution in [2.24, 2.45) is 17.8 Å². The number of likely N-dealkylation sites (N-methyl/N-ethyl adjacent to an activating group) is 2. The van der Waals surface area contributed by atoms with Gasteiger partial charge in [0.05, 0.1) is 33.9 Å². The lowest BCUT2D eigenvalue weighted by atomic mass is 9.76. The molecule has 146 valence electrons. The fourth-order valence-corrected chi connectivity index (χ4v) is 4.05. The standard InChI is InChI=1S/C19H40N2O.2HI/c1-16(2)18-8-7-17(3)19(15-18)22-14-13-21(6)11-9-20(4,5)10-12-21;;/h16-19H,7-15H2,1-6H3;2*1H/q+2;;/p-2. The second kappa shape index (κ2) is 10.6. The predicted molar refractivity (Wildman–Crippen MR) is 93.7 cm³/mol. The van der Waals surface area contributed by atoms with Crippen molar-refractivity contribution in [2.75, 3.05) is 60.5 Å². The minimum atomic E-state index is 0. The van der Waals surface area contributed by atoms with Gasteiger partial charge in [-0.05, 0) is 37.0 Å². The molecule has 0 aromatic rings. The summed E-state index contributed by atoms with van der Waals surface area (Å²) >= 11 is 0. The van der Waals surface area contributed by atoms with Crippen LogP contribution in [0.5, 0.6) is 0 Å². The molecule has 1 saturated carbocycles. The van der Waals surface area contributed by atoms with Crippen LogP contribution in [-0.2, 0) is 4.74 Å². The summed E-state index contributed by atoms with van der Waals surface area (Å²) in [7, 11) is 7.13. The van der Waals surface area contributed by atoms with Crippen molar-refractivity contribution in [1.82, 2.24) is 0 Å². The Morgan fingerprint density at radius 1 is 0.958 bits per heavy atom. The van der Waals surface area contributed by atoms with Gasteiger partial charge in [-0.2, -0.15) is 0 Å². The van der Waals surface area contributed by atoms with Crippen LogP contribution in [0.25, 0.3) is 0 Å². The van der Waals surface area contributed by atoms with Crippen molar-refractivity contribution >= 4 is 0 Å². The molecule has 5 heteroatoms. The quantitative estimate of drug-likeness (QED) is 0.255. The lowest BCUT2D eigenvalue weighted by molar-refractivity contribution is -1.01. The van der Waals surface area contributed by atoms with Crippen LogP contribution in [0.4, 0.5) is 0 Å². The maximum absolute atomic E-state index is 6.37. The predicted octanol–water partition coefficient (Wildman–Crippen LogP) is -2.99. The summed E-state index contributed by atoms with van der Waals surface area (Å²) in [5.74, 6) is 2.43. The van der Waals surface area contributed by atoms with Crippen LogP contribution in [0.2, 0.25) is 0 Å². The highest BCUT2D eigenvalue weighted by Crippen LogP contribution is 2.34. The average Bonchev–Trinajstić information content (AvgIpc) is 2.45. The van der Waals surface area contributed by atoms with Crippen LogP contribution in [0, 0.1) is 17.8 Å². The number of quaternary nitrogens is 2. The molecule has 1 heterocycles. The van der Waals surface area contributed by atoms with Crippen molar-refractivity contribution < 1.29 is 61.7 Å². The second-order valence-electron chi connectivity index (χ2n) is 9.38. The van der Waals surface area contributed by atoms with Crippen LogP contribution in [0.3, 0.4) is 0 Å². The molecule has 0 aromatic carbocycles. The molecule has 1 saturated heterocycles. The van der Waals surface area contributed by atoms with E-state index in [0.29, 0.717) is 6.10 Å². The number of piperazine rings is 1. The Hall–Kier alpha value is 1.34. The van der Waals surface area contributed by atoms with Gasteiger partial charge in [-0.3, -0.25) is 0 Å². The summed E-state index contributed by atoms with van der Waals surface area (Å²) in [6.45, 7) is 14.5. The summed E-state index contributed by atoms with van der Waals surface area (Å²) < 4.78 is 8.76.